The van der Waals surface area contributed by atoms with Gasteiger partial charge in [0.05, 0.1) is 11.3 Å². The standard InChI is InChI=1S/C23H26N4O3/c1-23(2)14-15-5-4-6-17(21(15)30-23)22(28)26-16-7-8-20(29-12-10-24)18(13-16)19-9-11-25-27(19)3/h4-9,11,13H,10,12,14,24H2,1-3H3,(H,26,28). The fraction of sp³-hybridized carbons (Fsp3) is 0.304. The van der Waals surface area contributed by atoms with Crippen molar-refractivity contribution in [2.75, 3.05) is 18.5 Å². The Balaban J connectivity index is 1.64. The largest absolute Gasteiger partial charge is 0.492 e. The maximum Gasteiger partial charge on any atom is 0.259 e. The minimum atomic E-state index is -0.312. The number of ether oxygens (including phenoxy) is 2. The van der Waals surface area contributed by atoms with E-state index in [9.17, 15) is 4.79 Å². The average molecular weight is 406 g/mol. The second-order valence-electron chi connectivity index (χ2n) is 7.97. The van der Waals surface area contributed by atoms with E-state index in [1.54, 1.807) is 16.9 Å². The van der Waals surface area contributed by atoms with Crippen LogP contribution in [0, 0.1) is 0 Å². The number of fused-ring (bicyclic) bond motifs is 1. The van der Waals surface area contributed by atoms with E-state index in [-0.39, 0.29) is 11.5 Å². The first-order chi connectivity index (χ1) is 14.4. The van der Waals surface area contributed by atoms with Crippen molar-refractivity contribution in [2.24, 2.45) is 12.8 Å². The molecule has 0 saturated carbocycles. The van der Waals surface area contributed by atoms with E-state index < -0.39 is 0 Å². The molecule has 2 aromatic carbocycles. The van der Waals surface area contributed by atoms with Gasteiger partial charge in [-0.2, -0.15) is 5.10 Å². The second kappa shape index (κ2) is 7.84. The molecule has 0 radical (unpaired) electrons. The van der Waals surface area contributed by atoms with Gasteiger partial charge in [0.15, 0.2) is 0 Å². The first-order valence-corrected chi connectivity index (χ1v) is 9.95. The molecule has 0 saturated heterocycles. The van der Waals surface area contributed by atoms with Crippen LogP contribution in [0.15, 0.2) is 48.7 Å². The highest BCUT2D eigenvalue weighted by atomic mass is 16.5. The summed E-state index contributed by atoms with van der Waals surface area (Å²) in [7, 11) is 1.86. The summed E-state index contributed by atoms with van der Waals surface area (Å²) in [5.41, 5.74) is 9.22. The van der Waals surface area contributed by atoms with Crippen molar-refractivity contribution in [2.45, 2.75) is 25.9 Å². The second-order valence-corrected chi connectivity index (χ2v) is 7.97. The Morgan fingerprint density at radius 3 is 2.87 bits per heavy atom. The Hall–Kier alpha value is -3.32. The molecular formula is C23H26N4O3. The summed E-state index contributed by atoms with van der Waals surface area (Å²) in [5, 5.41) is 7.23. The monoisotopic (exact) mass is 406 g/mol. The number of nitrogens with two attached hydrogens (primary N) is 1. The van der Waals surface area contributed by atoms with E-state index in [0.29, 0.717) is 35.9 Å². The van der Waals surface area contributed by atoms with Gasteiger partial charge in [-0.05, 0) is 49.7 Å². The van der Waals surface area contributed by atoms with Gasteiger partial charge in [-0.1, -0.05) is 12.1 Å². The van der Waals surface area contributed by atoms with Crippen LogP contribution in [-0.2, 0) is 13.5 Å². The SMILES string of the molecule is Cn1nccc1-c1cc(NC(=O)c2cccc3c2OC(C)(C)C3)ccc1OCCN. The van der Waals surface area contributed by atoms with Gasteiger partial charge < -0.3 is 20.5 Å². The number of benzene rings is 2. The summed E-state index contributed by atoms with van der Waals surface area (Å²) in [4.78, 5) is 13.1. The lowest BCUT2D eigenvalue weighted by molar-refractivity contribution is 0.101. The molecule has 3 N–H and O–H groups in total. The molecule has 1 aliphatic rings. The molecule has 0 bridgehead atoms. The number of carbonyl (C=O) groups is 1. The minimum Gasteiger partial charge on any atom is -0.492 e. The first-order valence-electron chi connectivity index (χ1n) is 9.95. The summed E-state index contributed by atoms with van der Waals surface area (Å²) in [6, 6.07) is 13.1. The number of hydrogen-bond donors (Lipinski definition) is 2. The van der Waals surface area contributed by atoms with Crippen LogP contribution in [0.5, 0.6) is 11.5 Å². The van der Waals surface area contributed by atoms with Crippen LogP contribution >= 0.6 is 0 Å². The smallest absolute Gasteiger partial charge is 0.259 e. The molecule has 3 aromatic rings. The first kappa shape index (κ1) is 20.0. The third-order valence-electron chi connectivity index (χ3n) is 5.05. The van der Waals surface area contributed by atoms with Gasteiger partial charge in [0.25, 0.3) is 5.91 Å². The van der Waals surface area contributed by atoms with Crippen LogP contribution in [0.1, 0.15) is 29.8 Å². The molecule has 1 amide bonds. The van der Waals surface area contributed by atoms with E-state index in [4.69, 9.17) is 15.2 Å². The Morgan fingerprint density at radius 2 is 2.13 bits per heavy atom. The summed E-state index contributed by atoms with van der Waals surface area (Å²) in [6.45, 7) is 4.86. The lowest BCUT2D eigenvalue weighted by Gasteiger charge is -2.18. The highest BCUT2D eigenvalue weighted by molar-refractivity contribution is 6.07. The number of hydrogen-bond acceptors (Lipinski definition) is 5. The maximum atomic E-state index is 13.1. The van der Waals surface area contributed by atoms with Gasteiger partial charge >= 0.3 is 0 Å². The van der Waals surface area contributed by atoms with Gasteiger partial charge in [-0.15, -0.1) is 0 Å². The molecule has 7 heteroatoms. The zero-order valence-electron chi connectivity index (χ0n) is 17.4. The van der Waals surface area contributed by atoms with Gasteiger partial charge in [0.2, 0.25) is 0 Å². The predicted molar refractivity (Wildman–Crippen MR) is 116 cm³/mol. The topological polar surface area (TPSA) is 91.4 Å². The number of anilines is 1. The number of para-hydroxylation sites is 1. The zero-order valence-corrected chi connectivity index (χ0v) is 17.4. The van der Waals surface area contributed by atoms with Crippen LogP contribution in [0.25, 0.3) is 11.3 Å². The molecule has 0 unspecified atom stereocenters. The molecule has 156 valence electrons. The van der Waals surface area contributed by atoms with E-state index in [1.807, 2.05) is 57.3 Å². The van der Waals surface area contributed by atoms with Gasteiger partial charge in [0.1, 0.15) is 23.7 Å². The molecule has 2 heterocycles. The summed E-state index contributed by atoms with van der Waals surface area (Å²) >= 11 is 0. The molecule has 0 fully saturated rings. The van der Waals surface area contributed by atoms with E-state index >= 15 is 0 Å². The van der Waals surface area contributed by atoms with Crippen molar-refractivity contribution in [1.82, 2.24) is 9.78 Å². The molecule has 0 atom stereocenters. The third-order valence-corrected chi connectivity index (χ3v) is 5.05. The van der Waals surface area contributed by atoms with Crippen molar-refractivity contribution in [3.63, 3.8) is 0 Å². The molecule has 30 heavy (non-hydrogen) atoms. The lowest BCUT2D eigenvalue weighted by atomic mass is 10.0. The third kappa shape index (κ3) is 3.89. The Morgan fingerprint density at radius 1 is 1.30 bits per heavy atom. The maximum absolute atomic E-state index is 13.1. The molecule has 1 aromatic heterocycles. The fourth-order valence-corrected chi connectivity index (χ4v) is 3.73. The Kier molecular flexibility index (Phi) is 5.22. The molecule has 1 aliphatic heterocycles. The number of nitrogens with zero attached hydrogens (tertiary/aromatic N) is 2. The van der Waals surface area contributed by atoms with Crippen molar-refractivity contribution in [3.05, 3.63) is 59.8 Å². The van der Waals surface area contributed by atoms with Crippen molar-refractivity contribution in [1.29, 1.82) is 0 Å². The van der Waals surface area contributed by atoms with Crippen molar-refractivity contribution < 1.29 is 14.3 Å². The Bertz CT molecular complexity index is 1090. The highest BCUT2D eigenvalue weighted by Gasteiger charge is 2.33. The number of aromatic nitrogens is 2. The highest BCUT2D eigenvalue weighted by Crippen LogP contribution is 2.38. The molecular weight excluding hydrogens is 380 g/mol. The fourth-order valence-electron chi connectivity index (χ4n) is 3.73. The van der Waals surface area contributed by atoms with Crippen molar-refractivity contribution >= 4 is 11.6 Å². The van der Waals surface area contributed by atoms with Gasteiger partial charge in [-0.25, -0.2) is 0 Å². The number of nitrogens with one attached hydrogen (secondary N) is 1. The summed E-state index contributed by atoms with van der Waals surface area (Å²) < 4.78 is 13.6. The quantitative estimate of drug-likeness (QED) is 0.655. The zero-order chi connectivity index (χ0) is 21.3. The molecule has 0 aliphatic carbocycles. The van der Waals surface area contributed by atoms with Crippen LogP contribution in [-0.4, -0.2) is 34.4 Å². The summed E-state index contributed by atoms with van der Waals surface area (Å²) in [5.74, 6) is 1.14. The van der Waals surface area contributed by atoms with Gasteiger partial charge in [-0.3, -0.25) is 9.48 Å². The molecule has 7 nitrogen and oxygen atoms in total. The normalized spacial score (nSPS) is 14.1. The van der Waals surface area contributed by atoms with E-state index in [0.717, 1.165) is 23.2 Å². The van der Waals surface area contributed by atoms with E-state index in [1.165, 1.54) is 0 Å². The Labute approximate surface area is 175 Å². The number of carbonyl (C=O) groups excluding carboxylic acids is 1. The molecule has 0 spiro atoms. The van der Waals surface area contributed by atoms with Crippen LogP contribution in [0.2, 0.25) is 0 Å². The average Bonchev–Trinajstić information content (AvgIpc) is 3.27. The summed E-state index contributed by atoms with van der Waals surface area (Å²) in [6.07, 6.45) is 2.50. The minimum absolute atomic E-state index is 0.212. The van der Waals surface area contributed by atoms with Gasteiger partial charge in [0, 0.05) is 37.5 Å². The van der Waals surface area contributed by atoms with Crippen molar-refractivity contribution in [3.8, 4) is 22.8 Å². The van der Waals surface area contributed by atoms with Crippen LogP contribution in [0.3, 0.4) is 0 Å². The number of amides is 1. The lowest BCUT2D eigenvalue weighted by Crippen LogP contribution is -2.25. The number of aryl methyl sites for hydroxylation is 1. The van der Waals surface area contributed by atoms with Crippen LogP contribution in [0.4, 0.5) is 5.69 Å². The number of rotatable bonds is 6. The molecule has 4 rings (SSSR count). The van der Waals surface area contributed by atoms with E-state index in [2.05, 4.69) is 10.4 Å². The predicted octanol–water partition coefficient (Wildman–Crippen LogP) is 3.39. The van der Waals surface area contributed by atoms with Crippen LogP contribution < -0.4 is 20.5 Å².